The van der Waals surface area contributed by atoms with Crippen LogP contribution in [-0.4, -0.2) is 73.3 Å². The Hall–Kier alpha value is -2.81. The van der Waals surface area contributed by atoms with Crippen molar-refractivity contribution in [2.75, 3.05) is 0 Å². The molecule has 0 aliphatic rings. The molecule has 14 heteroatoms. The molecule has 4 N–H and O–H groups in total. The Morgan fingerprint density at radius 3 is 0.298 bits per heavy atom. The summed E-state index contributed by atoms with van der Waals surface area (Å²) in [6.07, 6.45) is 86.7. The molecule has 13 nitrogen and oxygen atoms in total. The molecule has 0 bridgehead atoms. The van der Waals surface area contributed by atoms with Gasteiger partial charge in [-0.1, -0.05) is 364 Å². The van der Waals surface area contributed by atoms with E-state index in [0.29, 0.717) is 0 Å². The molecule has 0 heterocycles. The second kappa shape index (κ2) is 127. The molecule has 0 aromatic rings. The fourth-order valence-electron chi connectivity index (χ4n) is 9.48. The van der Waals surface area contributed by atoms with E-state index in [0.717, 1.165) is 153 Å². The molecule has 0 aromatic heterocycles. The summed E-state index contributed by atoms with van der Waals surface area (Å²) >= 11 is 0. The van der Waals surface area contributed by atoms with Gasteiger partial charge in [0, 0.05) is 51.4 Å². The molecule has 0 rings (SSSR count). The number of unbranched alkanes of at least 4 members (excludes halogenated alkanes) is 56. The van der Waals surface area contributed by atoms with Crippen LogP contribution in [0.25, 0.3) is 0 Å². The molecule has 0 spiro atoms. The molecule has 0 aromatic carbocycles. The smallest absolute Gasteiger partial charge is 0.394 e. The Balaban J connectivity index is -0.000000106. The largest absolute Gasteiger partial charge is 0.412 e. The van der Waals surface area contributed by atoms with Gasteiger partial charge < -0.3 is 43.8 Å². The monoisotopic (exact) mass is 1370 g/mol. The fraction of sp³-hybridized carbons (Fsp3) is 0.900. The molecule has 0 unspecified atom stereocenters. The minimum Gasteiger partial charge on any atom is -0.412 e. The molecule has 0 atom stereocenters. The predicted octanol–water partition coefficient (Wildman–Crippen LogP) is 25.1. The highest BCUT2D eigenvalue weighted by molar-refractivity contribution is 7.79. The SMILES string of the molecule is CCCCCCCCCC=O.CCCCCCCCCC=O.CCCCCCCCCC=O.CCCCCCCCCC=O.CCCCCCCCCC=O.CCCCCCCCCC=O.CCCCCCCCCC=O.CCCCCCCCCC=O.O.O=S(=O)(O)O. The lowest BCUT2D eigenvalue weighted by Crippen LogP contribution is -1.89. The summed E-state index contributed by atoms with van der Waals surface area (Å²) in [5, 5.41) is 0. The lowest BCUT2D eigenvalue weighted by atomic mass is 10.1. The van der Waals surface area contributed by atoms with Crippen molar-refractivity contribution < 1.29 is 61.4 Å². The van der Waals surface area contributed by atoms with Gasteiger partial charge in [0.05, 0.1) is 0 Å². The summed E-state index contributed by atoms with van der Waals surface area (Å²) < 4.78 is 31.6. The van der Waals surface area contributed by atoms with Crippen LogP contribution in [0.2, 0.25) is 0 Å². The van der Waals surface area contributed by atoms with Gasteiger partial charge in [-0.2, -0.15) is 8.42 Å². The molecule has 0 radical (unpaired) electrons. The molecule has 0 amide bonds. The first-order valence-corrected chi connectivity index (χ1v) is 40.9. The van der Waals surface area contributed by atoms with E-state index in [1.807, 2.05) is 0 Å². The average Bonchev–Trinajstić information content (AvgIpc) is 3.56. The van der Waals surface area contributed by atoms with Crippen molar-refractivity contribution in [2.45, 2.75) is 466 Å². The van der Waals surface area contributed by atoms with E-state index in [1.165, 1.54) is 308 Å². The normalized spacial score (nSPS) is 9.89. The summed E-state index contributed by atoms with van der Waals surface area (Å²) in [5.74, 6) is 0. The van der Waals surface area contributed by atoms with Gasteiger partial charge in [-0.25, -0.2) is 0 Å². The first-order chi connectivity index (χ1) is 45.3. The molecule has 0 saturated heterocycles. The van der Waals surface area contributed by atoms with Crippen molar-refractivity contribution in [1.29, 1.82) is 0 Å². The van der Waals surface area contributed by atoms with Crippen LogP contribution in [0, 0.1) is 0 Å². The van der Waals surface area contributed by atoms with Crippen LogP contribution in [0.15, 0.2) is 0 Å². The molecule has 94 heavy (non-hydrogen) atoms. The van der Waals surface area contributed by atoms with Crippen LogP contribution in [0.3, 0.4) is 0 Å². The van der Waals surface area contributed by atoms with Crippen molar-refractivity contribution >= 4 is 60.7 Å². The van der Waals surface area contributed by atoms with Gasteiger partial charge in [0.1, 0.15) is 50.3 Å². The van der Waals surface area contributed by atoms with E-state index >= 15 is 0 Å². The molecule has 0 aliphatic heterocycles. The van der Waals surface area contributed by atoms with Crippen LogP contribution in [0.1, 0.15) is 466 Å². The summed E-state index contributed by atoms with van der Waals surface area (Å²) in [6.45, 7) is 17.8. The van der Waals surface area contributed by atoms with Crippen molar-refractivity contribution in [3.63, 3.8) is 0 Å². The molecule has 0 saturated carbocycles. The van der Waals surface area contributed by atoms with E-state index in [1.54, 1.807) is 0 Å². The maximum atomic E-state index is 9.94. The van der Waals surface area contributed by atoms with Crippen LogP contribution >= 0.6 is 0 Å². The van der Waals surface area contributed by atoms with Gasteiger partial charge >= 0.3 is 10.4 Å². The highest BCUT2D eigenvalue weighted by Gasteiger charge is 1.96. The Bertz CT molecular complexity index is 1130. The summed E-state index contributed by atoms with van der Waals surface area (Å²) in [5.41, 5.74) is 0. The predicted molar refractivity (Wildman–Crippen MR) is 407 cm³/mol. The Kier molecular flexibility index (Phi) is 152. The second-order valence-electron chi connectivity index (χ2n) is 25.1. The third-order valence-corrected chi connectivity index (χ3v) is 15.4. The minimum atomic E-state index is -4.67. The molecule has 0 fully saturated rings. The number of rotatable bonds is 64. The number of hydrogen-bond acceptors (Lipinski definition) is 10. The topological polar surface area (TPSA) is 243 Å². The lowest BCUT2D eigenvalue weighted by Gasteiger charge is -1.97. The Labute approximate surface area is 585 Å². The van der Waals surface area contributed by atoms with Gasteiger partial charge in [0.25, 0.3) is 0 Å². The zero-order chi connectivity index (χ0) is 71.4. The first-order valence-electron chi connectivity index (χ1n) is 39.5. The lowest BCUT2D eigenvalue weighted by molar-refractivity contribution is -0.108. The molecular formula is C80H164O13S. The Morgan fingerprint density at radius 1 is 0.170 bits per heavy atom. The van der Waals surface area contributed by atoms with Gasteiger partial charge in [0.2, 0.25) is 0 Å². The third kappa shape index (κ3) is 185. The first kappa shape index (κ1) is 113. The van der Waals surface area contributed by atoms with E-state index in [2.05, 4.69) is 55.4 Å². The fourth-order valence-corrected chi connectivity index (χ4v) is 9.48. The number of hydrogen-bond donors (Lipinski definition) is 2. The average molecular weight is 1370 g/mol. The molecule has 568 valence electrons. The summed E-state index contributed by atoms with van der Waals surface area (Å²) in [4.78, 5) is 79.5. The number of carbonyl (C=O) groups is 8. The maximum absolute atomic E-state index is 9.94. The van der Waals surface area contributed by atoms with Crippen LogP contribution in [0.5, 0.6) is 0 Å². The van der Waals surface area contributed by atoms with Gasteiger partial charge in [-0.05, 0) is 51.4 Å². The van der Waals surface area contributed by atoms with Crippen molar-refractivity contribution in [1.82, 2.24) is 0 Å². The standard InChI is InChI=1S/8C10H20O.H2O4S.H2O/c8*1-2-3-4-5-6-7-8-9-10-11;1-5(2,3)4;/h8*10H,2-9H2,1H3;(H2,1,2,3,4);1H2. The minimum absolute atomic E-state index is 0. The van der Waals surface area contributed by atoms with E-state index in [-0.39, 0.29) is 5.48 Å². The van der Waals surface area contributed by atoms with Crippen molar-refractivity contribution in [3.05, 3.63) is 0 Å². The summed E-state index contributed by atoms with van der Waals surface area (Å²) in [7, 11) is -4.67. The van der Waals surface area contributed by atoms with Crippen LogP contribution in [0.4, 0.5) is 0 Å². The van der Waals surface area contributed by atoms with Gasteiger partial charge in [-0.15, -0.1) is 0 Å². The highest BCUT2D eigenvalue weighted by Crippen LogP contribution is 2.13. The van der Waals surface area contributed by atoms with E-state index in [4.69, 9.17) is 17.5 Å². The van der Waals surface area contributed by atoms with Gasteiger partial charge in [-0.3, -0.25) is 9.11 Å². The Morgan fingerprint density at radius 2 is 0.234 bits per heavy atom. The second-order valence-corrected chi connectivity index (χ2v) is 26.0. The third-order valence-electron chi connectivity index (χ3n) is 15.4. The molecule has 0 aliphatic carbocycles. The zero-order valence-electron chi connectivity index (χ0n) is 63.8. The maximum Gasteiger partial charge on any atom is 0.394 e. The van der Waals surface area contributed by atoms with E-state index < -0.39 is 10.4 Å². The van der Waals surface area contributed by atoms with Crippen molar-refractivity contribution in [2.24, 2.45) is 0 Å². The van der Waals surface area contributed by atoms with E-state index in [9.17, 15) is 38.4 Å². The van der Waals surface area contributed by atoms with Crippen LogP contribution in [-0.2, 0) is 48.8 Å². The number of carbonyl (C=O) groups excluding carboxylic acids is 8. The number of aldehydes is 8. The van der Waals surface area contributed by atoms with Crippen molar-refractivity contribution in [3.8, 4) is 0 Å². The highest BCUT2D eigenvalue weighted by atomic mass is 32.3. The summed E-state index contributed by atoms with van der Waals surface area (Å²) in [6, 6.07) is 0. The quantitative estimate of drug-likeness (QED) is 0.0328. The zero-order valence-corrected chi connectivity index (χ0v) is 64.6. The molecular weight excluding hydrogens is 1200 g/mol. The van der Waals surface area contributed by atoms with Crippen LogP contribution < -0.4 is 0 Å². The van der Waals surface area contributed by atoms with Gasteiger partial charge in [0.15, 0.2) is 0 Å².